The highest BCUT2D eigenvalue weighted by Crippen LogP contribution is 2.44. The van der Waals surface area contributed by atoms with Gasteiger partial charge >= 0.3 is 0 Å². The van der Waals surface area contributed by atoms with Crippen LogP contribution in [0.4, 0.5) is 0 Å². The van der Waals surface area contributed by atoms with Gasteiger partial charge in [-0.1, -0.05) is 94.9 Å². The molecule has 6 heteroatoms. The molecule has 0 bridgehead atoms. The minimum absolute atomic E-state index is 0.341. The summed E-state index contributed by atoms with van der Waals surface area (Å²) in [5.41, 5.74) is 13.8. The maximum atomic E-state index is 9.98. The van der Waals surface area contributed by atoms with Crippen molar-refractivity contribution in [1.29, 1.82) is 21.0 Å². The molecule has 5 aromatic rings. The summed E-state index contributed by atoms with van der Waals surface area (Å²) in [6.45, 7) is 27.8. The maximum absolute atomic E-state index is 9.98. The van der Waals surface area contributed by atoms with E-state index in [-0.39, 0.29) is 0 Å². The average molecular weight is 739 g/mol. The van der Waals surface area contributed by atoms with Gasteiger partial charge in [-0.15, -0.1) is 11.1 Å². The Labute approximate surface area is 324 Å². The molecule has 0 fully saturated rings. The lowest BCUT2D eigenvalue weighted by atomic mass is 9.88. The highest BCUT2D eigenvalue weighted by atomic mass is 28.3. The second-order valence-electron chi connectivity index (χ2n) is 16.8. The molecule has 270 valence electrons. The molecule has 0 heterocycles. The van der Waals surface area contributed by atoms with Crippen molar-refractivity contribution in [2.75, 3.05) is 0 Å². The highest BCUT2D eigenvalue weighted by molar-refractivity contribution is 6.91. The van der Waals surface area contributed by atoms with E-state index in [1.165, 1.54) is 0 Å². The van der Waals surface area contributed by atoms with E-state index in [1.807, 2.05) is 24.3 Å². The van der Waals surface area contributed by atoms with Gasteiger partial charge in [0.05, 0.1) is 22.3 Å². The average Bonchev–Trinajstić information content (AvgIpc) is 3.12. The second-order valence-corrected chi connectivity index (χ2v) is 27.9. The Balaban J connectivity index is 2.14. The molecule has 0 spiro atoms. The summed E-state index contributed by atoms with van der Waals surface area (Å²) in [4.78, 5) is 0. The summed E-state index contributed by atoms with van der Waals surface area (Å²) in [7, 11) is -4.36. The van der Waals surface area contributed by atoms with Crippen molar-refractivity contribution in [3.8, 4) is 47.2 Å². The maximum Gasteiger partial charge on any atom is 0.146 e. The number of rotatable bonds is 6. The first-order valence-corrected chi connectivity index (χ1v) is 23.6. The van der Waals surface area contributed by atoms with Crippen LogP contribution in [0.25, 0.3) is 43.1 Å². The topological polar surface area (TPSA) is 95.2 Å². The Bertz CT molecular complexity index is 2290. The highest BCUT2D eigenvalue weighted by Gasteiger charge is 2.43. The Hall–Kier alpha value is -5.35. The van der Waals surface area contributed by atoms with Crippen LogP contribution in [0.15, 0.2) is 48.5 Å². The van der Waals surface area contributed by atoms with Crippen LogP contribution in [0.2, 0.25) is 33.2 Å². The van der Waals surface area contributed by atoms with Crippen molar-refractivity contribution in [1.82, 2.24) is 0 Å². The molecule has 0 amide bonds. The fourth-order valence-electron chi connectivity index (χ4n) is 9.66. The van der Waals surface area contributed by atoms with Crippen LogP contribution in [0.1, 0.15) is 116 Å². The predicted octanol–water partition coefficient (Wildman–Crippen LogP) is 12.9. The standard InChI is InChI=1S/C48H50N4Si2/c1-29(2)53(30(3)4,31(5)6)15-13-43-45-21-35-17-39(25-49)41(27-51)19-37(35)23-47(45)44(14-16-54(32(7)8,33(9)10)34(11)12)48-24-38-20-42(28-52)40(26-50)18-36(38)22-46(43)48/h17-24,29-34H,1-12H3. The molecular formula is C48H50N4Si2. The van der Waals surface area contributed by atoms with Crippen molar-refractivity contribution in [2.45, 2.75) is 116 Å². The largest absolute Gasteiger partial charge is 0.192 e. The zero-order chi connectivity index (χ0) is 39.9. The van der Waals surface area contributed by atoms with Crippen LogP contribution in [-0.4, -0.2) is 16.1 Å². The zero-order valence-corrected chi connectivity index (χ0v) is 35.9. The first-order chi connectivity index (χ1) is 25.5. The van der Waals surface area contributed by atoms with Gasteiger partial charge in [0.2, 0.25) is 0 Å². The van der Waals surface area contributed by atoms with E-state index < -0.39 is 16.1 Å². The van der Waals surface area contributed by atoms with Crippen molar-refractivity contribution < 1.29 is 0 Å². The SMILES string of the molecule is CC(C)[Si](C#Cc1c2cc3cc(C#N)c(C#N)cc3cc2c(C#C[Si](C(C)C)(C(C)C)C(C)C)c2cc3cc(C#N)c(C#N)cc3cc12)(C(C)C)C(C)C. The number of nitriles is 4. The number of benzene rings is 5. The van der Waals surface area contributed by atoms with Gasteiger partial charge in [0.1, 0.15) is 40.4 Å². The molecule has 4 nitrogen and oxygen atoms in total. The number of hydrogen-bond acceptors (Lipinski definition) is 4. The van der Waals surface area contributed by atoms with Crippen molar-refractivity contribution >= 4 is 59.2 Å². The Morgan fingerprint density at radius 3 is 0.722 bits per heavy atom. The van der Waals surface area contributed by atoms with Crippen LogP contribution >= 0.6 is 0 Å². The molecular weight excluding hydrogens is 689 g/mol. The molecule has 0 aromatic heterocycles. The van der Waals surface area contributed by atoms with Gasteiger partial charge in [-0.25, -0.2) is 0 Å². The summed E-state index contributed by atoms with van der Waals surface area (Å²) in [6, 6.07) is 24.7. The first kappa shape index (κ1) is 39.9. The van der Waals surface area contributed by atoms with Crippen molar-refractivity contribution in [3.05, 3.63) is 81.9 Å². The van der Waals surface area contributed by atoms with Crippen LogP contribution in [0, 0.1) is 68.3 Å². The van der Waals surface area contributed by atoms with E-state index in [9.17, 15) is 21.0 Å². The third kappa shape index (κ3) is 6.46. The van der Waals surface area contributed by atoms with E-state index >= 15 is 0 Å². The van der Waals surface area contributed by atoms with E-state index in [1.54, 1.807) is 0 Å². The minimum atomic E-state index is -2.18. The lowest BCUT2D eigenvalue weighted by Crippen LogP contribution is -2.43. The smallest absolute Gasteiger partial charge is 0.146 e. The molecule has 5 aromatic carbocycles. The Morgan fingerprint density at radius 2 is 0.556 bits per heavy atom. The third-order valence-electron chi connectivity index (χ3n) is 12.3. The van der Waals surface area contributed by atoms with Gasteiger partial charge < -0.3 is 0 Å². The molecule has 0 aliphatic carbocycles. The fraction of sp³-hybridized carbons (Fsp3) is 0.375. The molecule has 0 saturated carbocycles. The molecule has 0 N–H and O–H groups in total. The molecule has 5 rings (SSSR count). The quantitative estimate of drug-likeness (QED) is 0.0984. The van der Waals surface area contributed by atoms with Gasteiger partial charge in [-0.2, -0.15) is 21.0 Å². The third-order valence-corrected chi connectivity index (χ3v) is 24.9. The normalized spacial score (nSPS) is 12.0. The van der Waals surface area contributed by atoms with Crippen molar-refractivity contribution in [2.24, 2.45) is 0 Å². The molecule has 0 aliphatic heterocycles. The molecule has 0 saturated heterocycles. The lowest BCUT2D eigenvalue weighted by Gasteiger charge is -2.38. The Kier molecular flexibility index (Phi) is 11.2. The monoisotopic (exact) mass is 738 g/mol. The van der Waals surface area contributed by atoms with Crippen LogP contribution in [-0.2, 0) is 0 Å². The summed E-state index contributed by atoms with van der Waals surface area (Å²) in [5.74, 6) is 7.68. The van der Waals surface area contributed by atoms with Gasteiger partial charge in [0, 0.05) is 11.1 Å². The van der Waals surface area contributed by atoms with Crippen LogP contribution in [0.5, 0.6) is 0 Å². The van der Waals surface area contributed by atoms with Crippen LogP contribution < -0.4 is 0 Å². The van der Waals surface area contributed by atoms with Gasteiger partial charge in [0.25, 0.3) is 0 Å². The lowest BCUT2D eigenvalue weighted by molar-refractivity contribution is 0.838. The number of hydrogen-bond donors (Lipinski definition) is 0. The van der Waals surface area contributed by atoms with E-state index in [0.29, 0.717) is 55.5 Å². The molecule has 0 unspecified atom stereocenters. The molecule has 54 heavy (non-hydrogen) atoms. The summed E-state index contributed by atoms with van der Waals surface area (Å²) in [6.07, 6.45) is 0. The van der Waals surface area contributed by atoms with E-state index in [2.05, 4.69) is 155 Å². The van der Waals surface area contributed by atoms with E-state index in [0.717, 1.165) is 54.2 Å². The van der Waals surface area contributed by atoms with Crippen molar-refractivity contribution in [3.63, 3.8) is 0 Å². The number of fused-ring (bicyclic) bond motifs is 4. The summed E-state index contributed by atoms with van der Waals surface area (Å²) >= 11 is 0. The van der Waals surface area contributed by atoms with E-state index in [4.69, 9.17) is 0 Å². The molecule has 0 radical (unpaired) electrons. The molecule has 0 aliphatic rings. The zero-order valence-electron chi connectivity index (χ0n) is 33.9. The molecule has 0 atom stereocenters. The van der Waals surface area contributed by atoms with Gasteiger partial charge in [-0.05, 0) is 125 Å². The fourth-order valence-corrected chi connectivity index (χ4v) is 20.1. The number of nitrogens with zero attached hydrogens (tertiary/aromatic N) is 4. The second kappa shape index (κ2) is 15.2. The first-order valence-electron chi connectivity index (χ1n) is 19.2. The van der Waals surface area contributed by atoms with Gasteiger partial charge in [-0.3, -0.25) is 0 Å². The predicted molar refractivity (Wildman–Crippen MR) is 231 cm³/mol. The van der Waals surface area contributed by atoms with Crippen LogP contribution in [0.3, 0.4) is 0 Å². The summed E-state index contributed by atoms with van der Waals surface area (Å²) in [5, 5.41) is 47.2. The minimum Gasteiger partial charge on any atom is -0.192 e. The van der Waals surface area contributed by atoms with Gasteiger partial charge in [0.15, 0.2) is 0 Å². The summed E-state index contributed by atoms with van der Waals surface area (Å²) < 4.78 is 0. The Morgan fingerprint density at radius 1 is 0.352 bits per heavy atom.